The number of carbonyl (C=O) groups excluding carboxylic acids is 1. The van der Waals surface area contributed by atoms with Gasteiger partial charge in [-0.3, -0.25) is 9.69 Å². The van der Waals surface area contributed by atoms with E-state index < -0.39 is 0 Å². The highest BCUT2D eigenvalue weighted by molar-refractivity contribution is 7.08. The van der Waals surface area contributed by atoms with Crippen LogP contribution in [0, 0.1) is 11.3 Å². The van der Waals surface area contributed by atoms with E-state index in [1.54, 1.807) is 0 Å². The minimum atomic E-state index is -0.185. The van der Waals surface area contributed by atoms with Gasteiger partial charge in [0.2, 0.25) is 0 Å². The molecule has 1 atom stereocenters. The Labute approximate surface area is 129 Å². The van der Waals surface area contributed by atoms with Gasteiger partial charge in [0.15, 0.2) is 0 Å². The number of nitriles is 1. The molecule has 1 unspecified atom stereocenters. The van der Waals surface area contributed by atoms with E-state index in [1.165, 1.54) is 11.5 Å². The molecule has 114 valence electrons. The van der Waals surface area contributed by atoms with E-state index in [2.05, 4.69) is 20.6 Å². The van der Waals surface area contributed by atoms with Crippen LogP contribution in [0.2, 0.25) is 0 Å². The van der Waals surface area contributed by atoms with E-state index in [0.29, 0.717) is 18.0 Å². The van der Waals surface area contributed by atoms with Crippen LogP contribution in [0.1, 0.15) is 43.1 Å². The maximum Gasteiger partial charge on any atom is 0.267 e. The molecule has 1 fully saturated rings. The van der Waals surface area contributed by atoms with E-state index in [-0.39, 0.29) is 17.4 Å². The summed E-state index contributed by atoms with van der Waals surface area (Å²) in [5.74, 6) is 0.0131. The lowest BCUT2D eigenvalue weighted by Crippen LogP contribution is -2.51. The maximum absolute atomic E-state index is 12.6. The SMILES string of the molecule is CC(C#N)N1CCN(C(=O)c2snnc2C(C)(C)C)CC1. The number of aromatic nitrogens is 2. The zero-order valence-corrected chi connectivity index (χ0v) is 13.8. The fraction of sp³-hybridized carbons (Fsp3) is 0.714. The van der Waals surface area contributed by atoms with Gasteiger partial charge >= 0.3 is 0 Å². The number of hydrogen-bond donors (Lipinski definition) is 0. The number of nitrogens with zero attached hydrogens (tertiary/aromatic N) is 5. The molecule has 1 aromatic rings. The van der Waals surface area contributed by atoms with E-state index in [0.717, 1.165) is 18.8 Å². The fourth-order valence-corrected chi connectivity index (χ4v) is 3.20. The zero-order valence-electron chi connectivity index (χ0n) is 13.0. The van der Waals surface area contributed by atoms with Gasteiger partial charge in [-0.1, -0.05) is 25.3 Å². The van der Waals surface area contributed by atoms with Crippen molar-refractivity contribution in [3.8, 4) is 6.07 Å². The van der Waals surface area contributed by atoms with E-state index in [9.17, 15) is 4.79 Å². The van der Waals surface area contributed by atoms with Crippen molar-refractivity contribution in [3.05, 3.63) is 10.6 Å². The Bertz CT molecular complexity index is 548. The first kappa shape index (κ1) is 15.9. The van der Waals surface area contributed by atoms with Crippen molar-refractivity contribution in [2.24, 2.45) is 0 Å². The van der Waals surface area contributed by atoms with Crippen molar-refractivity contribution in [3.63, 3.8) is 0 Å². The molecule has 1 aliphatic heterocycles. The average Bonchev–Trinajstić information content (AvgIpc) is 2.95. The summed E-state index contributed by atoms with van der Waals surface area (Å²) < 4.78 is 3.95. The molecule has 0 aliphatic carbocycles. The summed E-state index contributed by atoms with van der Waals surface area (Å²) in [6.07, 6.45) is 0. The standard InChI is InChI=1S/C14H21N5OS/c1-10(9-15)18-5-7-19(8-6-18)13(20)11-12(14(2,3)4)16-17-21-11/h10H,5-8H2,1-4H3. The first-order valence-corrected chi connectivity index (χ1v) is 7.87. The summed E-state index contributed by atoms with van der Waals surface area (Å²) in [6, 6.07) is 2.14. The third-order valence-corrected chi connectivity index (χ3v) is 4.44. The number of piperazine rings is 1. The molecular formula is C14H21N5OS. The highest BCUT2D eigenvalue weighted by atomic mass is 32.1. The number of carbonyl (C=O) groups is 1. The Kier molecular flexibility index (Phi) is 4.59. The van der Waals surface area contributed by atoms with Crippen molar-refractivity contribution in [2.75, 3.05) is 26.2 Å². The van der Waals surface area contributed by atoms with Gasteiger partial charge in [0.05, 0.1) is 17.8 Å². The summed E-state index contributed by atoms with van der Waals surface area (Å²) in [4.78, 5) is 17.2. The lowest BCUT2D eigenvalue weighted by Gasteiger charge is -2.35. The second kappa shape index (κ2) is 6.08. The number of rotatable bonds is 2. The van der Waals surface area contributed by atoms with Crippen LogP contribution in [0.25, 0.3) is 0 Å². The summed E-state index contributed by atoms with van der Waals surface area (Å²) in [5, 5.41) is 13.1. The van der Waals surface area contributed by atoms with Crippen LogP contribution in [0.5, 0.6) is 0 Å². The van der Waals surface area contributed by atoms with Gasteiger partial charge in [0.25, 0.3) is 5.91 Å². The molecule has 2 heterocycles. The molecule has 7 heteroatoms. The molecule has 0 saturated carbocycles. The predicted molar refractivity (Wildman–Crippen MR) is 81.2 cm³/mol. The molecule has 0 bridgehead atoms. The molecule has 0 aromatic carbocycles. The largest absolute Gasteiger partial charge is 0.335 e. The molecule has 0 N–H and O–H groups in total. The minimum Gasteiger partial charge on any atom is -0.335 e. The first-order chi connectivity index (χ1) is 9.84. The molecule has 0 spiro atoms. The van der Waals surface area contributed by atoms with Crippen LogP contribution >= 0.6 is 11.5 Å². The van der Waals surface area contributed by atoms with Crippen LogP contribution in [-0.2, 0) is 5.41 Å². The Morgan fingerprint density at radius 2 is 1.95 bits per heavy atom. The third-order valence-electron chi connectivity index (χ3n) is 3.73. The summed E-state index contributed by atoms with van der Waals surface area (Å²) >= 11 is 1.17. The van der Waals surface area contributed by atoms with Crippen LogP contribution < -0.4 is 0 Å². The van der Waals surface area contributed by atoms with Gasteiger partial charge in [0, 0.05) is 31.6 Å². The normalized spacial score (nSPS) is 18.3. The van der Waals surface area contributed by atoms with Crippen molar-refractivity contribution in [2.45, 2.75) is 39.2 Å². The molecule has 1 saturated heterocycles. The Morgan fingerprint density at radius 3 is 2.48 bits per heavy atom. The molecule has 21 heavy (non-hydrogen) atoms. The van der Waals surface area contributed by atoms with Gasteiger partial charge in [-0.2, -0.15) is 5.26 Å². The van der Waals surface area contributed by atoms with Crippen molar-refractivity contribution in [1.82, 2.24) is 19.4 Å². The maximum atomic E-state index is 12.6. The number of hydrogen-bond acceptors (Lipinski definition) is 6. The quantitative estimate of drug-likeness (QED) is 0.828. The van der Waals surface area contributed by atoms with Gasteiger partial charge in [-0.25, -0.2) is 0 Å². The van der Waals surface area contributed by atoms with Crippen molar-refractivity contribution >= 4 is 17.4 Å². The topological polar surface area (TPSA) is 73.1 Å². The lowest BCUT2D eigenvalue weighted by atomic mass is 9.91. The van der Waals surface area contributed by atoms with Gasteiger partial charge in [-0.05, 0) is 18.5 Å². The Morgan fingerprint density at radius 1 is 1.33 bits per heavy atom. The second-order valence-corrected chi connectivity index (χ2v) is 7.09. The summed E-state index contributed by atoms with van der Waals surface area (Å²) in [7, 11) is 0. The average molecular weight is 307 g/mol. The van der Waals surface area contributed by atoms with Gasteiger partial charge in [-0.15, -0.1) is 5.10 Å². The van der Waals surface area contributed by atoms with E-state index in [4.69, 9.17) is 5.26 Å². The van der Waals surface area contributed by atoms with E-state index in [1.807, 2.05) is 32.6 Å². The predicted octanol–water partition coefficient (Wildman–Crippen LogP) is 1.51. The molecule has 1 amide bonds. The monoisotopic (exact) mass is 307 g/mol. The van der Waals surface area contributed by atoms with Crippen LogP contribution in [0.15, 0.2) is 0 Å². The molecule has 1 aliphatic rings. The van der Waals surface area contributed by atoms with Crippen LogP contribution in [0.3, 0.4) is 0 Å². The second-order valence-electron chi connectivity index (χ2n) is 6.33. The van der Waals surface area contributed by atoms with E-state index >= 15 is 0 Å². The lowest BCUT2D eigenvalue weighted by molar-refractivity contribution is 0.0618. The number of amides is 1. The Hall–Kier alpha value is -1.52. The smallest absolute Gasteiger partial charge is 0.267 e. The summed E-state index contributed by atoms with van der Waals surface area (Å²) in [5.41, 5.74) is 0.583. The Balaban J connectivity index is 2.07. The third kappa shape index (κ3) is 3.39. The summed E-state index contributed by atoms with van der Waals surface area (Å²) in [6.45, 7) is 10.8. The molecular weight excluding hydrogens is 286 g/mol. The van der Waals surface area contributed by atoms with Gasteiger partial charge in [0.1, 0.15) is 4.88 Å². The fourth-order valence-electron chi connectivity index (χ4n) is 2.36. The molecule has 6 nitrogen and oxygen atoms in total. The minimum absolute atomic E-state index is 0.0131. The molecule has 2 rings (SSSR count). The van der Waals surface area contributed by atoms with Crippen LogP contribution in [-0.4, -0.2) is 57.5 Å². The highest BCUT2D eigenvalue weighted by Gasteiger charge is 2.31. The first-order valence-electron chi connectivity index (χ1n) is 7.10. The van der Waals surface area contributed by atoms with Crippen molar-refractivity contribution < 1.29 is 4.79 Å². The van der Waals surface area contributed by atoms with Gasteiger partial charge < -0.3 is 4.90 Å². The molecule has 0 radical (unpaired) electrons. The van der Waals surface area contributed by atoms with Crippen LogP contribution in [0.4, 0.5) is 0 Å². The molecule has 1 aromatic heterocycles. The zero-order chi connectivity index (χ0) is 15.6. The highest BCUT2D eigenvalue weighted by Crippen LogP contribution is 2.27. The van der Waals surface area contributed by atoms with Crippen molar-refractivity contribution in [1.29, 1.82) is 5.26 Å².